The van der Waals surface area contributed by atoms with Crippen LogP contribution < -0.4 is 0 Å². The van der Waals surface area contributed by atoms with Crippen molar-refractivity contribution in [2.24, 2.45) is 0 Å². The molecule has 0 heterocycles. The first-order chi connectivity index (χ1) is 15.4. The van der Waals surface area contributed by atoms with E-state index in [0.29, 0.717) is 0 Å². The molecule has 0 aliphatic heterocycles. The molecule has 0 bridgehead atoms. The summed E-state index contributed by atoms with van der Waals surface area (Å²) in [4.78, 5) is 11.2. The second-order valence-electron chi connectivity index (χ2n) is 6.52. The maximum Gasteiger partial charge on any atom is 0.438 e. The molecule has 36 heavy (non-hydrogen) atoms. The molecule has 214 valence electrons. The molecule has 0 aliphatic carbocycles. The lowest BCUT2D eigenvalue weighted by atomic mass is 9.83. The summed E-state index contributed by atoms with van der Waals surface area (Å²) < 4.78 is 256. The van der Waals surface area contributed by atoms with E-state index in [-0.39, 0.29) is 6.92 Å². The van der Waals surface area contributed by atoms with E-state index >= 15 is 0 Å². The molecule has 0 spiro atoms. The molecule has 0 fully saturated rings. The number of hydrogen-bond acceptors (Lipinski definition) is 2. The van der Waals surface area contributed by atoms with Crippen molar-refractivity contribution in [2.45, 2.75) is 67.4 Å². The molecule has 0 aliphatic rings. The minimum Gasteiger partial charge on any atom is -0.462 e. The average molecular weight is 582 g/mol. The summed E-state index contributed by atoms with van der Waals surface area (Å²) in [5, 5.41) is 0. The Morgan fingerprint density at radius 2 is 0.889 bits per heavy atom. The predicted octanol–water partition coefficient (Wildman–Crippen LogP) is 7.14. The van der Waals surface area contributed by atoms with Gasteiger partial charge < -0.3 is 4.74 Å². The van der Waals surface area contributed by atoms with Gasteiger partial charge in [-0.15, -0.1) is 0 Å². The predicted molar refractivity (Wildman–Crippen MR) is 76.0 cm³/mol. The van der Waals surface area contributed by atoms with E-state index in [1.165, 1.54) is 0 Å². The smallest absolute Gasteiger partial charge is 0.438 e. The van der Waals surface area contributed by atoms with Gasteiger partial charge in [0.2, 0.25) is 0 Å². The Morgan fingerprint density at radius 3 is 1.17 bits per heavy atom. The van der Waals surface area contributed by atoms with Gasteiger partial charge in [0.25, 0.3) is 0 Å². The number of allylic oxidation sites excluding steroid dienone is 1. The highest BCUT2D eigenvalue weighted by molar-refractivity contribution is 5.90. The van der Waals surface area contributed by atoms with Crippen molar-refractivity contribution in [2.75, 3.05) is 6.61 Å². The quantitative estimate of drug-likeness (QED) is 0.164. The van der Waals surface area contributed by atoms with Gasteiger partial charge in [-0.2, -0.15) is 79.0 Å². The highest BCUT2D eigenvalue weighted by Gasteiger charge is 2.98. The van der Waals surface area contributed by atoms with Gasteiger partial charge in [-0.3, -0.25) is 0 Å². The van der Waals surface area contributed by atoms with Crippen molar-refractivity contribution in [3.63, 3.8) is 0 Å². The van der Waals surface area contributed by atoms with Gasteiger partial charge in [0, 0.05) is 0 Å². The normalized spacial score (nSPS) is 16.3. The van der Waals surface area contributed by atoms with Crippen LogP contribution in [0.4, 0.5) is 83.4 Å². The fourth-order valence-corrected chi connectivity index (χ4v) is 2.33. The molecule has 2 nitrogen and oxygen atoms in total. The lowest BCUT2D eigenvalue weighted by Gasteiger charge is -2.45. The van der Waals surface area contributed by atoms with Crippen LogP contribution in [0.3, 0.4) is 0 Å². The fraction of sp³-hybridized carbons (Fsp3) is 0.800. The van der Waals surface area contributed by atoms with E-state index in [4.69, 9.17) is 0 Å². The summed E-state index contributed by atoms with van der Waals surface area (Å²) in [6, 6.07) is 0. The summed E-state index contributed by atoms with van der Waals surface area (Å²) in [6.07, 6.45) is -17.2. The third-order valence-corrected chi connectivity index (χ3v) is 4.31. The molecule has 0 aromatic rings. The van der Waals surface area contributed by atoms with Gasteiger partial charge in [-0.05, 0) is 13.8 Å². The minimum atomic E-state index is -9.11. The standard InChI is InChI=1S/C15H9F19O2/c1-3-5(6(35)36-4-2)7(16,17)9(19,20)11(23,24)13(27,28)12(25,26)10(21,22)8(18,14(29,30)31)15(32,33)34/h3H,4H2,1-2H3. The van der Waals surface area contributed by atoms with Crippen LogP contribution >= 0.6 is 0 Å². The average Bonchev–Trinajstić information content (AvgIpc) is 2.65. The summed E-state index contributed by atoms with van der Waals surface area (Å²) in [5.41, 5.74) is -11.8. The molecule has 21 heteroatoms. The zero-order chi connectivity index (χ0) is 29.8. The van der Waals surface area contributed by atoms with E-state index in [1.54, 1.807) is 0 Å². The van der Waals surface area contributed by atoms with Crippen molar-refractivity contribution < 1.29 is 92.9 Å². The molecule has 0 amide bonds. The molecule has 0 aromatic heterocycles. The van der Waals surface area contributed by atoms with Crippen LogP contribution in [0.25, 0.3) is 0 Å². The van der Waals surface area contributed by atoms with Gasteiger partial charge in [-0.25, -0.2) is 9.18 Å². The van der Waals surface area contributed by atoms with Crippen molar-refractivity contribution in [1.29, 1.82) is 0 Å². The summed E-state index contributed by atoms with van der Waals surface area (Å²) in [7, 11) is 0. The molecule has 0 radical (unpaired) electrons. The van der Waals surface area contributed by atoms with Crippen LogP contribution in [0, 0.1) is 0 Å². The highest BCUT2D eigenvalue weighted by atomic mass is 19.4. The first-order valence-corrected chi connectivity index (χ1v) is 8.36. The Balaban J connectivity index is 7.24. The summed E-state index contributed by atoms with van der Waals surface area (Å²) in [5.74, 6) is -53.8. The minimum absolute atomic E-state index is 0.152. The maximum absolute atomic E-state index is 14.0. The summed E-state index contributed by atoms with van der Waals surface area (Å²) in [6.45, 7) is -0.0705. The number of halogens is 19. The van der Waals surface area contributed by atoms with Crippen LogP contribution in [0.1, 0.15) is 13.8 Å². The lowest BCUT2D eigenvalue weighted by Crippen LogP contribution is -2.77. The van der Waals surface area contributed by atoms with Gasteiger partial charge in [-0.1, -0.05) is 6.08 Å². The number of rotatable bonds is 9. The molecule has 0 saturated carbocycles. The lowest BCUT2D eigenvalue weighted by molar-refractivity contribution is -0.471. The van der Waals surface area contributed by atoms with Crippen molar-refractivity contribution >= 4 is 5.97 Å². The Hall–Kier alpha value is -2.12. The second kappa shape index (κ2) is 9.02. The number of alkyl halides is 19. The first-order valence-electron chi connectivity index (χ1n) is 8.36. The number of carbonyl (C=O) groups is 1. The third kappa shape index (κ3) is 4.22. The Kier molecular flexibility index (Phi) is 8.49. The van der Waals surface area contributed by atoms with Crippen LogP contribution in [-0.4, -0.2) is 66.1 Å². The molecular weight excluding hydrogens is 573 g/mol. The van der Waals surface area contributed by atoms with Crippen molar-refractivity contribution in [3.05, 3.63) is 11.6 Å². The largest absolute Gasteiger partial charge is 0.462 e. The molecule has 0 N–H and O–H groups in total. The maximum atomic E-state index is 14.0. The van der Waals surface area contributed by atoms with E-state index < -0.39 is 77.8 Å². The van der Waals surface area contributed by atoms with Crippen molar-refractivity contribution in [3.8, 4) is 0 Å². The van der Waals surface area contributed by atoms with Crippen LogP contribution in [0.5, 0.6) is 0 Å². The highest BCUT2D eigenvalue weighted by Crippen LogP contribution is 2.66. The molecule has 0 aromatic carbocycles. The molecule has 0 atom stereocenters. The Labute approximate surface area is 186 Å². The van der Waals surface area contributed by atoms with E-state index in [9.17, 15) is 88.2 Å². The Bertz CT molecular complexity index is 834. The molecular formula is C15H9F19O2. The van der Waals surface area contributed by atoms with E-state index in [2.05, 4.69) is 4.74 Å². The first kappa shape index (κ1) is 33.9. The van der Waals surface area contributed by atoms with E-state index in [0.717, 1.165) is 6.92 Å². The van der Waals surface area contributed by atoms with E-state index in [1.807, 2.05) is 0 Å². The van der Waals surface area contributed by atoms with Gasteiger partial charge >= 0.3 is 59.5 Å². The number of hydrogen-bond donors (Lipinski definition) is 0. The van der Waals surface area contributed by atoms with Crippen LogP contribution in [0.15, 0.2) is 11.6 Å². The molecule has 0 saturated heterocycles. The Morgan fingerprint density at radius 1 is 0.583 bits per heavy atom. The fourth-order valence-electron chi connectivity index (χ4n) is 2.33. The number of carbonyl (C=O) groups excluding carboxylic acids is 1. The molecule has 0 unspecified atom stereocenters. The zero-order valence-corrected chi connectivity index (χ0v) is 16.8. The monoisotopic (exact) mass is 582 g/mol. The third-order valence-electron chi connectivity index (χ3n) is 4.31. The van der Waals surface area contributed by atoms with Gasteiger partial charge in [0.1, 0.15) is 5.57 Å². The number of esters is 1. The topological polar surface area (TPSA) is 26.3 Å². The summed E-state index contributed by atoms with van der Waals surface area (Å²) >= 11 is 0. The van der Waals surface area contributed by atoms with Crippen LogP contribution in [-0.2, 0) is 9.53 Å². The number of ether oxygens (including phenoxy) is 1. The molecule has 0 rings (SSSR count). The van der Waals surface area contributed by atoms with Gasteiger partial charge in [0.15, 0.2) is 0 Å². The SMILES string of the molecule is CC=C(C(=O)OCC)C(F)(F)C(F)(F)C(F)(F)C(F)(F)C(F)(F)C(F)(F)C(F)(C(F)(F)F)C(F)(F)F. The zero-order valence-electron chi connectivity index (χ0n) is 16.8. The van der Waals surface area contributed by atoms with Gasteiger partial charge in [0.05, 0.1) is 6.61 Å². The van der Waals surface area contributed by atoms with Crippen molar-refractivity contribution in [1.82, 2.24) is 0 Å². The van der Waals surface area contributed by atoms with Crippen LogP contribution in [0.2, 0.25) is 0 Å². The second-order valence-corrected chi connectivity index (χ2v) is 6.52.